The highest BCUT2D eigenvalue weighted by molar-refractivity contribution is 8.00. The SMILES string of the molecule is CCc1nc(N)c(C)c(N2CCSC(CC)C2)n1. The van der Waals surface area contributed by atoms with Crippen molar-refractivity contribution < 1.29 is 0 Å². The van der Waals surface area contributed by atoms with Gasteiger partial charge in [0.25, 0.3) is 0 Å². The fraction of sp³-hybridized carbons (Fsp3) is 0.692. The molecule has 100 valence electrons. The number of hydrogen-bond acceptors (Lipinski definition) is 5. The first-order valence-electron chi connectivity index (χ1n) is 6.65. The van der Waals surface area contributed by atoms with Crippen molar-refractivity contribution in [3.8, 4) is 0 Å². The maximum absolute atomic E-state index is 5.99. The molecule has 1 aromatic heterocycles. The van der Waals surface area contributed by atoms with Crippen LogP contribution in [0.3, 0.4) is 0 Å². The maximum Gasteiger partial charge on any atom is 0.137 e. The average molecular weight is 266 g/mol. The molecule has 0 aliphatic carbocycles. The minimum absolute atomic E-state index is 0.628. The molecule has 0 radical (unpaired) electrons. The minimum Gasteiger partial charge on any atom is -0.383 e. The van der Waals surface area contributed by atoms with Crippen LogP contribution in [0.4, 0.5) is 11.6 Å². The van der Waals surface area contributed by atoms with E-state index in [1.165, 1.54) is 12.2 Å². The predicted octanol–water partition coefficient (Wildman–Crippen LogP) is 2.26. The van der Waals surface area contributed by atoms with E-state index in [2.05, 4.69) is 40.5 Å². The van der Waals surface area contributed by atoms with E-state index in [1.54, 1.807) is 0 Å². The molecule has 0 spiro atoms. The Balaban J connectivity index is 2.28. The summed E-state index contributed by atoms with van der Waals surface area (Å²) in [7, 11) is 0. The second-order valence-electron chi connectivity index (χ2n) is 4.67. The van der Waals surface area contributed by atoms with E-state index in [4.69, 9.17) is 5.73 Å². The Bertz CT molecular complexity index is 422. The van der Waals surface area contributed by atoms with Gasteiger partial charge < -0.3 is 10.6 Å². The number of nitrogens with zero attached hydrogens (tertiary/aromatic N) is 3. The molecule has 1 aliphatic rings. The zero-order chi connectivity index (χ0) is 13.1. The molecule has 1 saturated heterocycles. The van der Waals surface area contributed by atoms with Crippen LogP contribution in [0.15, 0.2) is 0 Å². The second-order valence-corrected chi connectivity index (χ2v) is 6.08. The summed E-state index contributed by atoms with van der Waals surface area (Å²) in [6.07, 6.45) is 2.04. The highest BCUT2D eigenvalue weighted by Crippen LogP contribution is 2.28. The zero-order valence-corrected chi connectivity index (χ0v) is 12.3. The lowest BCUT2D eigenvalue weighted by Crippen LogP contribution is -2.38. The Labute approximate surface area is 113 Å². The quantitative estimate of drug-likeness (QED) is 0.909. The average Bonchev–Trinajstić information content (AvgIpc) is 2.41. The number of rotatable bonds is 3. The van der Waals surface area contributed by atoms with E-state index in [0.717, 1.165) is 36.7 Å². The van der Waals surface area contributed by atoms with Crippen molar-refractivity contribution in [2.75, 3.05) is 29.5 Å². The number of aromatic nitrogens is 2. The molecule has 0 amide bonds. The fourth-order valence-electron chi connectivity index (χ4n) is 2.19. The van der Waals surface area contributed by atoms with E-state index >= 15 is 0 Å². The first kappa shape index (κ1) is 13.5. The molecule has 2 N–H and O–H groups in total. The van der Waals surface area contributed by atoms with Crippen molar-refractivity contribution in [1.82, 2.24) is 9.97 Å². The number of anilines is 2. The van der Waals surface area contributed by atoms with Crippen LogP contribution in [0.25, 0.3) is 0 Å². The Hall–Kier alpha value is -0.970. The number of nitrogens with two attached hydrogens (primary N) is 1. The van der Waals surface area contributed by atoms with Crippen LogP contribution in [0.2, 0.25) is 0 Å². The summed E-state index contributed by atoms with van der Waals surface area (Å²) in [5.74, 6) is 3.68. The summed E-state index contributed by atoms with van der Waals surface area (Å²) < 4.78 is 0. The van der Waals surface area contributed by atoms with Crippen molar-refractivity contribution >= 4 is 23.4 Å². The molecular formula is C13H22N4S. The van der Waals surface area contributed by atoms with Gasteiger partial charge in [-0.15, -0.1) is 0 Å². The van der Waals surface area contributed by atoms with Crippen LogP contribution in [0.5, 0.6) is 0 Å². The van der Waals surface area contributed by atoms with E-state index in [9.17, 15) is 0 Å². The molecule has 5 heteroatoms. The predicted molar refractivity (Wildman–Crippen MR) is 79.3 cm³/mol. The third-order valence-electron chi connectivity index (χ3n) is 3.41. The van der Waals surface area contributed by atoms with Gasteiger partial charge in [-0.2, -0.15) is 11.8 Å². The maximum atomic E-state index is 5.99. The molecular weight excluding hydrogens is 244 g/mol. The molecule has 1 fully saturated rings. The first-order chi connectivity index (χ1) is 8.65. The van der Waals surface area contributed by atoms with Crippen LogP contribution in [-0.4, -0.2) is 34.1 Å². The molecule has 18 heavy (non-hydrogen) atoms. The molecule has 4 nitrogen and oxygen atoms in total. The van der Waals surface area contributed by atoms with Gasteiger partial charge in [-0.05, 0) is 13.3 Å². The van der Waals surface area contributed by atoms with Gasteiger partial charge in [-0.3, -0.25) is 0 Å². The van der Waals surface area contributed by atoms with Gasteiger partial charge >= 0.3 is 0 Å². The second kappa shape index (κ2) is 5.78. The summed E-state index contributed by atoms with van der Waals surface area (Å²) in [5.41, 5.74) is 7.01. The Morgan fingerprint density at radius 2 is 2.17 bits per heavy atom. The third-order valence-corrected chi connectivity index (χ3v) is 4.79. The molecule has 1 atom stereocenters. The van der Waals surface area contributed by atoms with Gasteiger partial charge in [-0.25, -0.2) is 9.97 Å². The smallest absolute Gasteiger partial charge is 0.137 e. The van der Waals surface area contributed by atoms with Crippen molar-refractivity contribution in [3.63, 3.8) is 0 Å². The number of hydrogen-bond donors (Lipinski definition) is 1. The largest absolute Gasteiger partial charge is 0.383 e. The lowest BCUT2D eigenvalue weighted by Gasteiger charge is -2.33. The van der Waals surface area contributed by atoms with Crippen LogP contribution >= 0.6 is 11.8 Å². The summed E-state index contributed by atoms with van der Waals surface area (Å²) in [6.45, 7) is 8.46. The summed E-state index contributed by atoms with van der Waals surface area (Å²) in [6, 6.07) is 0. The van der Waals surface area contributed by atoms with Crippen molar-refractivity contribution in [2.24, 2.45) is 0 Å². The van der Waals surface area contributed by atoms with Crippen LogP contribution in [-0.2, 0) is 6.42 Å². The van der Waals surface area contributed by atoms with Gasteiger partial charge in [0.1, 0.15) is 17.5 Å². The van der Waals surface area contributed by atoms with E-state index in [0.29, 0.717) is 11.1 Å². The zero-order valence-electron chi connectivity index (χ0n) is 11.4. The van der Waals surface area contributed by atoms with Gasteiger partial charge in [0.05, 0.1) is 0 Å². The fourth-order valence-corrected chi connectivity index (χ4v) is 3.37. The number of thioether (sulfide) groups is 1. The topological polar surface area (TPSA) is 55.0 Å². The van der Waals surface area contributed by atoms with Crippen LogP contribution in [0, 0.1) is 6.92 Å². The van der Waals surface area contributed by atoms with E-state index in [1.807, 2.05) is 6.92 Å². The van der Waals surface area contributed by atoms with Crippen molar-refractivity contribution in [3.05, 3.63) is 11.4 Å². The Morgan fingerprint density at radius 3 is 2.83 bits per heavy atom. The standard InChI is InChI=1S/C13H22N4S/c1-4-10-8-17(6-7-18-10)13-9(3)12(14)15-11(5-2)16-13/h10H,4-8H2,1-3H3,(H2,14,15,16). The highest BCUT2D eigenvalue weighted by Gasteiger charge is 2.22. The van der Waals surface area contributed by atoms with E-state index < -0.39 is 0 Å². The molecule has 0 saturated carbocycles. The highest BCUT2D eigenvalue weighted by atomic mass is 32.2. The summed E-state index contributed by atoms with van der Waals surface area (Å²) in [5, 5.41) is 0.708. The summed E-state index contributed by atoms with van der Waals surface area (Å²) in [4.78, 5) is 11.4. The Morgan fingerprint density at radius 1 is 1.39 bits per heavy atom. The molecule has 0 bridgehead atoms. The molecule has 1 unspecified atom stereocenters. The molecule has 1 aliphatic heterocycles. The van der Waals surface area contributed by atoms with Gasteiger partial charge in [-0.1, -0.05) is 13.8 Å². The molecule has 2 heterocycles. The minimum atomic E-state index is 0.628. The van der Waals surface area contributed by atoms with Gasteiger partial charge in [0.2, 0.25) is 0 Å². The lowest BCUT2D eigenvalue weighted by atomic mass is 10.2. The molecule has 2 rings (SSSR count). The number of nitrogen functional groups attached to an aromatic ring is 1. The molecule has 1 aromatic rings. The van der Waals surface area contributed by atoms with Crippen LogP contribution < -0.4 is 10.6 Å². The first-order valence-corrected chi connectivity index (χ1v) is 7.70. The van der Waals surface area contributed by atoms with Gasteiger partial charge in [0.15, 0.2) is 0 Å². The summed E-state index contributed by atoms with van der Waals surface area (Å²) >= 11 is 2.07. The number of aryl methyl sites for hydroxylation is 1. The molecule has 0 aromatic carbocycles. The van der Waals surface area contributed by atoms with Crippen molar-refractivity contribution in [2.45, 2.75) is 38.9 Å². The van der Waals surface area contributed by atoms with Crippen LogP contribution in [0.1, 0.15) is 31.7 Å². The normalized spacial score (nSPS) is 20.2. The van der Waals surface area contributed by atoms with Crippen molar-refractivity contribution in [1.29, 1.82) is 0 Å². The third kappa shape index (κ3) is 2.71. The monoisotopic (exact) mass is 266 g/mol. The Kier molecular flexibility index (Phi) is 4.32. The van der Waals surface area contributed by atoms with E-state index in [-0.39, 0.29) is 0 Å². The lowest BCUT2D eigenvalue weighted by molar-refractivity contribution is 0.713. The van der Waals surface area contributed by atoms with Gasteiger partial charge in [0, 0.05) is 36.1 Å².